The number of aromatic nitrogens is 4. The lowest BCUT2D eigenvalue weighted by Crippen LogP contribution is -2.30. The van der Waals surface area contributed by atoms with Crippen molar-refractivity contribution in [3.8, 4) is 11.6 Å². The van der Waals surface area contributed by atoms with E-state index in [4.69, 9.17) is 4.98 Å². The van der Waals surface area contributed by atoms with Crippen LogP contribution in [0.4, 0.5) is 17.1 Å². The molecule has 4 heterocycles. The summed E-state index contributed by atoms with van der Waals surface area (Å²) in [5.74, 6) is 1.69. The average molecular weight is 568 g/mol. The van der Waals surface area contributed by atoms with Gasteiger partial charge in [-0.3, -0.25) is 9.13 Å². The second kappa shape index (κ2) is 9.16. The topological polar surface area (TPSA) is 38.9 Å². The molecule has 9 rings (SSSR count). The fraction of sp³-hybridized carbons (Fsp3) is 0.0769. The summed E-state index contributed by atoms with van der Waals surface area (Å²) < 4.78 is 4.39. The van der Waals surface area contributed by atoms with Crippen molar-refractivity contribution >= 4 is 49.9 Å². The molecule has 0 bridgehead atoms. The predicted molar refractivity (Wildman–Crippen MR) is 180 cm³/mol. The van der Waals surface area contributed by atoms with Crippen LogP contribution in [0, 0.1) is 0 Å². The van der Waals surface area contributed by atoms with E-state index in [1.165, 1.54) is 33.3 Å². The van der Waals surface area contributed by atoms with Crippen LogP contribution in [0.25, 0.3) is 44.5 Å². The van der Waals surface area contributed by atoms with Crippen LogP contribution in [0.3, 0.4) is 0 Å². The molecule has 0 fully saturated rings. The van der Waals surface area contributed by atoms with Crippen molar-refractivity contribution in [2.24, 2.45) is 0 Å². The van der Waals surface area contributed by atoms with Crippen LogP contribution >= 0.6 is 0 Å². The number of benzene rings is 5. The standard InChI is InChI=1S/C39H29N5/c1-39(2)28-15-4-8-19-32(28)43(33-20-9-5-16-29(33)39)35-22-11-14-27-26-13-3-7-18-31(26)44(38(27)35)37-24-12-23-36(41-37)42-25-40-30-17-6-10-21-34(30)42/h3-25H,1-2H3. The zero-order chi connectivity index (χ0) is 29.4. The molecule has 0 N–H and O–H groups in total. The van der Waals surface area contributed by atoms with Gasteiger partial charge in [0.2, 0.25) is 0 Å². The zero-order valence-corrected chi connectivity index (χ0v) is 24.5. The van der Waals surface area contributed by atoms with Gasteiger partial charge in [0.25, 0.3) is 0 Å². The molecule has 3 aromatic heterocycles. The fourth-order valence-electron chi connectivity index (χ4n) is 7.16. The Morgan fingerprint density at radius 1 is 0.523 bits per heavy atom. The molecule has 5 heteroatoms. The fourth-order valence-corrected chi connectivity index (χ4v) is 7.16. The van der Waals surface area contributed by atoms with Crippen LogP contribution in [0.2, 0.25) is 0 Å². The Labute approximate surface area is 255 Å². The highest BCUT2D eigenvalue weighted by Gasteiger charge is 2.37. The molecule has 1 aliphatic heterocycles. The summed E-state index contributed by atoms with van der Waals surface area (Å²) in [7, 11) is 0. The maximum atomic E-state index is 5.27. The maximum absolute atomic E-state index is 5.27. The number of hydrogen-bond acceptors (Lipinski definition) is 3. The lowest BCUT2D eigenvalue weighted by Gasteiger charge is -2.42. The molecule has 5 nitrogen and oxygen atoms in total. The minimum Gasteiger partial charge on any atom is -0.308 e. The molecule has 5 aromatic carbocycles. The highest BCUT2D eigenvalue weighted by Crippen LogP contribution is 2.53. The smallest absolute Gasteiger partial charge is 0.140 e. The quantitative estimate of drug-likeness (QED) is 0.213. The third kappa shape index (κ3) is 3.41. The lowest BCUT2D eigenvalue weighted by molar-refractivity contribution is 0.632. The number of rotatable bonds is 3. The lowest BCUT2D eigenvalue weighted by atomic mass is 9.73. The first-order valence-corrected chi connectivity index (χ1v) is 15.0. The number of hydrogen-bond donors (Lipinski definition) is 0. The number of imidazole rings is 1. The maximum Gasteiger partial charge on any atom is 0.140 e. The number of para-hydroxylation sites is 6. The van der Waals surface area contributed by atoms with E-state index in [2.05, 4.69) is 142 Å². The molecule has 1 aliphatic rings. The van der Waals surface area contributed by atoms with Gasteiger partial charge < -0.3 is 4.90 Å². The second-order valence-corrected chi connectivity index (χ2v) is 12.0. The average Bonchev–Trinajstić information content (AvgIpc) is 3.65. The van der Waals surface area contributed by atoms with E-state index < -0.39 is 0 Å². The summed E-state index contributed by atoms with van der Waals surface area (Å²) in [5.41, 5.74) is 10.2. The van der Waals surface area contributed by atoms with Crippen molar-refractivity contribution in [1.82, 2.24) is 19.1 Å². The van der Waals surface area contributed by atoms with Crippen molar-refractivity contribution < 1.29 is 0 Å². The molecule has 0 amide bonds. The van der Waals surface area contributed by atoms with Gasteiger partial charge in [0.1, 0.15) is 18.0 Å². The van der Waals surface area contributed by atoms with Gasteiger partial charge in [0.15, 0.2) is 0 Å². The molecule has 0 saturated heterocycles. The normalized spacial score (nSPS) is 13.8. The van der Waals surface area contributed by atoms with Crippen LogP contribution < -0.4 is 4.90 Å². The van der Waals surface area contributed by atoms with E-state index in [0.29, 0.717) is 0 Å². The van der Waals surface area contributed by atoms with Crippen LogP contribution in [-0.4, -0.2) is 19.1 Å². The molecule has 44 heavy (non-hydrogen) atoms. The van der Waals surface area contributed by atoms with Gasteiger partial charge in [-0.15, -0.1) is 0 Å². The zero-order valence-electron chi connectivity index (χ0n) is 24.5. The van der Waals surface area contributed by atoms with Crippen molar-refractivity contribution in [2.75, 3.05) is 4.90 Å². The molecule has 0 radical (unpaired) electrons. The van der Waals surface area contributed by atoms with Gasteiger partial charge in [-0.05, 0) is 59.7 Å². The van der Waals surface area contributed by atoms with E-state index in [0.717, 1.165) is 39.4 Å². The van der Waals surface area contributed by atoms with Crippen LogP contribution in [0.15, 0.2) is 140 Å². The predicted octanol–water partition coefficient (Wildman–Crippen LogP) is 9.63. The molecule has 0 unspecified atom stereocenters. The SMILES string of the molecule is CC1(C)c2ccccc2N(c2cccc3c4ccccc4n(-c4cccc(-n5cnc6ccccc65)n4)c23)c2ccccc21. The van der Waals surface area contributed by atoms with E-state index in [-0.39, 0.29) is 5.41 Å². The highest BCUT2D eigenvalue weighted by molar-refractivity contribution is 6.14. The molecule has 210 valence electrons. The highest BCUT2D eigenvalue weighted by atomic mass is 15.2. The van der Waals surface area contributed by atoms with Crippen molar-refractivity contribution in [2.45, 2.75) is 19.3 Å². The third-order valence-electron chi connectivity index (χ3n) is 9.20. The molecular formula is C39H29N5. The van der Waals surface area contributed by atoms with Gasteiger partial charge >= 0.3 is 0 Å². The summed E-state index contributed by atoms with van der Waals surface area (Å²) >= 11 is 0. The van der Waals surface area contributed by atoms with E-state index in [9.17, 15) is 0 Å². The monoisotopic (exact) mass is 567 g/mol. The number of anilines is 3. The Morgan fingerprint density at radius 3 is 1.91 bits per heavy atom. The molecule has 8 aromatic rings. The summed E-state index contributed by atoms with van der Waals surface area (Å²) in [6, 6.07) is 47.4. The minimum atomic E-state index is -0.131. The molecule has 0 spiro atoms. The summed E-state index contributed by atoms with van der Waals surface area (Å²) in [5, 5.41) is 2.39. The van der Waals surface area contributed by atoms with Gasteiger partial charge in [0.05, 0.1) is 39.1 Å². The van der Waals surface area contributed by atoms with Crippen molar-refractivity contribution in [3.63, 3.8) is 0 Å². The number of pyridine rings is 1. The summed E-state index contributed by atoms with van der Waals surface area (Å²) in [6.45, 7) is 4.66. The molecule has 0 aliphatic carbocycles. The van der Waals surface area contributed by atoms with Crippen LogP contribution in [0.5, 0.6) is 0 Å². The molecule has 0 atom stereocenters. The number of fused-ring (bicyclic) bond motifs is 6. The van der Waals surface area contributed by atoms with Crippen LogP contribution in [0.1, 0.15) is 25.0 Å². The minimum absolute atomic E-state index is 0.131. The van der Waals surface area contributed by atoms with Gasteiger partial charge in [-0.25, -0.2) is 9.97 Å². The number of nitrogens with zero attached hydrogens (tertiary/aromatic N) is 5. The first-order valence-electron chi connectivity index (χ1n) is 15.0. The Hall–Kier alpha value is -5.68. The van der Waals surface area contributed by atoms with Gasteiger partial charge in [-0.1, -0.05) is 98.8 Å². The van der Waals surface area contributed by atoms with E-state index >= 15 is 0 Å². The van der Waals surface area contributed by atoms with Crippen LogP contribution in [-0.2, 0) is 5.41 Å². The van der Waals surface area contributed by atoms with E-state index in [1.54, 1.807) is 0 Å². The Morgan fingerprint density at radius 2 is 1.11 bits per heavy atom. The third-order valence-corrected chi connectivity index (χ3v) is 9.20. The Kier molecular flexibility index (Phi) is 5.18. The Balaban J connectivity index is 1.36. The largest absolute Gasteiger partial charge is 0.308 e. The molecular weight excluding hydrogens is 538 g/mol. The van der Waals surface area contributed by atoms with Gasteiger partial charge in [-0.2, -0.15) is 0 Å². The first kappa shape index (κ1) is 24.9. The van der Waals surface area contributed by atoms with E-state index in [1.807, 2.05) is 30.6 Å². The second-order valence-electron chi connectivity index (χ2n) is 12.0. The summed E-state index contributed by atoms with van der Waals surface area (Å²) in [4.78, 5) is 12.3. The van der Waals surface area contributed by atoms with Crippen molar-refractivity contribution in [1.29, 1.82) is 0 Å². The molecule has 0 saturated carbocycles. The summed E-state index contributed by atoms with van der Waals surface area (Å²) in [6.07, 6.45) is 1.86. The van der Waals surface area contributed by atoms with Crippen molar-refractivity contribution in [3.05, 3.63) is 151 Å². The first-order chi connectivity index (χ1) is 21.6. The van der Waals surface area contributed by atoms with Gasteiger partial charge in [0, 0.05) is 16.2 Å². The Bertz CT molecular complexity index is 2340.